The number of hydrogen-bond acceptors (Lipinski definition) is 2. The number of benzene rings is 2. The van der Waals surface area contributed by atoms with Gasteiger partial charge in [0.1, 0.15) is 5.09 Å². The summed E-state index contributed by atoms with van der Waals surface area (Å²) in [5.74, 6) is 0. The Morgan fingerprint density at radius 1 is 0.909 bits per heavy atom. The summed E-state index contributed by atoms with van der Waals surface area (Å²) in [6.07, 6.45) is 0.962. The van der Waals surface area contributed by atoms with Gasteiger partial charge in [0, 0.05) is 10.5 Å². The van der Waals surface area contributed by atoms with Crippen LogP contribution in [-0.2, 0) is 4.43 Å². The van der Waals surface area contributed by atoms with E-state index in [1.165, 1.54) is 16.0 Å². The van der Waals surface area contributed by atoms with E-state index >= 15 is 0 Å². The molecule has 0 bridgehead atoms. The minimum Gasteiger partial charge on any atom is -0.539 e. The van der Waals surface area contributed by atoms with Crippen LogP contribution in [0.3, 0.4) is 0 Å². The molecule has 0 spiro atoms. The van der Waals surface area contributed by atoms with Gasteiger partial charge in [0.25, 0.3) is 0 Å². The number of thioether (sulfide) groups is 1. The van der Waals surface area contributed by atoms with E-state index in [9.17, 15) is 0 Å². The highest BCUT2D eigenvalue weighted by atomic mass is 32.2. The van der Waals surface area contributed by atoms with Crippen LogP contribution in [0.5, 0.6) is 0 Å². The van der Waals surface area contributed by atoms with Crippen molar-refractivity contribution in [2.45, 2.75) is 37.9 Å². The predicted molar refractivity (Wildman–Crippen MR) is 100 cm³/mol. The first-order valence-corrected chi connectivity index (χ1v) is 11.9. The Bertz CT molecular complexity index is 615. The minimum absolute atomic E-state index is 0.962. The smallest absolute Gasteiger partial charge is 0.242 e. The zero-order valence-electron chi connectivity index (χ0n) is 13.8. The molecule has 2 rings (SSSR count). The standard InChI is InChI=1S/C19H24OSSi/c1-5-18(16-12-8-6-9-13-16)19(20-22(2,3)4)21-17-14-10-7-11-15-17/h6-15H,5H2,1-4H3/b19-18+. The van der Waals surface area contributed by atoms with Gasteiger partial charge in [-0.2, -0.15) is 0 Å². The first-order chi connectivity index (χ1) is 10.5. The molecule has 0 saturated heterocycles. The second-order valence-electron chi connectivity index (χ2n) is 6.12. The van der Waals surface area contributed by atoms with Crippen LogP contribution >= 0.6 is 11.8 Å². The Hall–Kier alpha value is -1.45. The molecule has 0 N–H and O–H groups in total. The molecule has 0 fully saturated rings. The van der Waals surface area contributed by atoms with Gasteiger partial charge < -0.3 is 4.43 Å². The molecule has 2 aromatic rings. The lowest BCUT2D eigenvalue weighted by molar-refractivity contribution is 0.464. The molecule has 116 valence electrons. The average molecular weight is 329 g/mol. The highest BCUT2D eigenvalue weighted by Gasteiger charge is 2.21. The molecule has 0 heterocycles. The van der Waals surface area contributed by atoms with Crippen molar-refractivity contribution in [3.05, 3.63) is 71.3 Å². The Morgan fingerprint density at radius 3 is 1.95 bits per heavy atom. The topological polar surface area (TPSA) is 9.23 Å². The van der Waals surface area contributed by atoms with Crippen molar-refractivity contribution in [1.29, 1.82) is 0 Å². The number of allylic oxidation sites excluding steroid dienone is 1. The van der Waals surface area contributed by atoms with Crippen molar-refractivity contribution in [1.82, 2.24) is 0 Å². The molecule has 3 heteroatoms. The molecule has 0 aliphatic rings. The van der Waals surface area contributed by atoms with E-state index < -0.39 is 8.32 Å². The van der Waals surface area contributed by atoms with Crippen molar-refractivity contribution in [2.75, 3.05) is 0 Å². The van der Waals surface area contributed by atoms with Crippen molar-refractivity contribution in [2.24, 2.45) is 0 Å². The van der Waals surface area contributed by atoms with Gasteiger partial charge in [0.2, 0.25) is 8.32 Å². The molecule has 22 heavy (non-hydrogen) atoms. The number of hydrogen-bond donors (Lipinski definition) is 0. The van der Waals surface area contributed by atoms with Crippen LogP contribution in [-0.4, -0.2) is 8.32 Å². The Balaban J connectivity index is 2.43. The summed E-state index contributed by atoms with van der Waals surface area (Å²) >= 11 is 1.74. The van der Waals surface area contributed by atoms with Gasteiger partial charge >= 0.3 is 0 Å². The first kappa shape index (κ1) is 16.9. The van der Waals surface area contributed by atoms with Crippen LogP contribution in [0.2, 0.25) is 19.6 Å². The second-order valence-corrected chi connectivity index (χ2v) is 11.6. The van der Waals surface area contributed by atoms with Crippen LogP contribution in [0.15, 0.2) is 70.7 Å². The third-order valence-corrected chi connectivity index (χ3v) is 5.06. The van der Waals surface area contributed by atoms with Gasteiger partial charge in [-0.1, -0.05) is 67.2 Å². The summed E-state index contributed by atoms with van der Waals surface area (Å²) in [6, 6.07) is 21.0. The van der Waals surface area contributed by atoms with Crippen LogP contribution in [0.1, 0.15) is 18.9 Å². The van der Waals surface area contributed by atoms with Crippen LogP contribution in [0.25, 0.3) is 5.57 Å². The fourth-order valence-corrected chi connectivity index (χ4v) is 4.61. The summed E-state index contributed by atoms with van der Waals surface area (Å²) in [5.41, 5.74) is 2.54. The molecular formula is C19H24OSSi. The first-order valence-electron chi connectivity index (χ1n) is 7.70. The average Bonchev–Trinajstić information content (AvgIpc) is 2.48. The summed E-state index contributed by atoms with van der Waals surface area (Å²) in [4.78, 5) is 1.22. The summed E-state index contributed by atoms with van der Waals surface area (Å²) in [6.45, 7) is 8.89. The molecule has 0 aliphatic carbocycles. The Morgan fingerprint density at radius 2 is 1.45 bits per heavy atom. The van der Waals surface area contributed by atoms with Crippen molar-refractivity contribution in [3.63, 3.8) is 0 Å². The highest BCUT2D eigenvalue weighted by molar-refractivity contribution is 8.03. The molecule has 0 radical (unpaired) electrons. The van der Waals surface area contributed by atoms with E-state index in [2.05, 4.69) is 81.2 Å². The van der Waals surface area contributed by atoms with E-state index in [4.69, 9.17) is 4.43 Å². The second kappa shape index (κ2) is 7.70. The minimum atomic E-state index is -1.66. The maximum Gasteiger partial charge on any atom is 0.242 e. The zero-order valence-corrected chi connectivity index (χ0v) is 15.6. The quantitative estimate of drug-likeness (QED) is 0.344. The zero-order chi connectivity index (χ0) is 16.0. The lowest BCUT2D eigenvalue weighted by Gasteiger charge is -2.24. The van der Waals surface area contributed by atoms with Crippen molar-refractivity contribution >= 4 is 25.7 Å². The molecule has 1 nitrogen and oxygen atoms in total. The molecule has 0 unspecified atom stereocenters. The van der Waals surface area contributed by atoms with Crippen molar-refractivity contribution in [3.8, 4) is 0 Å². The van der Waals surface area contributed by atoms with Crippen LogP contribution < -0.4 is 0 Å². The third kappa shape index (κ3) is 5.07. The summed E-state index contributed by atoms with van der Waals surface area (Å²) < 4.78 is 6.43. The van der Waals surface area contributed by atoms with E-state index in [0.29, 0.717) is 0 Å². The maximum atomic E-state index is 6.43. The molecule has 0 atom stereocenters. The molecule has 2 aromatic carbocycles. The predicted octanol–water partition coefficient (Wildman–Crippen LogP) is 6.41. The van der Waals surface area contributed by atoms with E-state index in [0.717, 1.165) is 11.5 Å². The maximum absolute atomic E-state index is 6.43. The lowest BCUT2D eigenvalue weighted by atomic mass is 10.1. The Labute approximate surface area is 139 Å². The Kier molecular flexibility index (Phi) is 5.92. The van der Waals surface area contributed by atoms with Crippen molar-refractivity contribution < 1.29 is 4.43 Å². The van der Waals surface area contributed by atoms with Gasteiger partial charge in [-0.05, 0) is 43.8 Å². The highest BCUT2D eigenvalue weighted by Crippen LogP contribution is 2.36. The summed E-state index contributed by atoms with van der Waals surface area (Å²) in [7, 11) is -1.66. The molecule has 0 aromatic heterocycles. The normalized spacial score (nSPS) is 12.7. The van der Waals surface area contributed by atoms with E-state index in [-0.39, 0.29) is 0 Å². The third-order valence-electron chi connectivity index (χ3n) is 3.07. The van der Waals surface area contributed by atoms with Crippen LogP contribution in [0, 0.1) is 0 Å². The van der Waals surface area contributed by atoms with E-state index in [1.54, 1.807) is 11.8 Å². The lowest BCUT2D eigenvalue weighted by Crippen LogP contribution is -2.24. The molecule has 0 amide bonds. The van der Waals surface area contributed by atoms with Gasteiger partial charge in [-0.25, -0.2) is 0 Å². The van der Waals surface area contributed by atoms with E-state index in [1.807, 2.05) is 6.07 Å². The van der Waals surface area contributed by atoms with Gasteiger partial charge in [0.15, 0.2) is 0 Å². The monoisotopic (exact) mass is 328 g/mol. The van der Waals surface area contributed by atoms with Gasteiger partial charge in [-0.3, -0.25) is 0 Å². The molecule has 0 aliphatic heterocycles. The van der Waals surface area contributed by atoms with Crippen LogP contribution in [0.4, 0.5) is 0 Å². The molecular weight excluding hydrogens is 304 g/mol. The fourth-order valence-electron chi connectivity index (χ4n) is 2.12. The number of rotatable bonds is 6. The van der Waals surface area contributed by atoms with Gasteiger partial charge in [0.05, 0.1) is 0 Å². The summed E-state index contributed by atoms with van der Waals surface area (Å²) in [5, 5.41) is 1.05. The fraction of sp³-hybridized carbons (Fsp3) is 0.263. The SMILES string of the molecule is CC/C(=C(/O[Si](C)(C)C)Sc1ccccc1)c1ccccc1. The van der Waals surface area contributed by atoms with Gasteiger partial charge in [-0.15, -0.1) is 0 Å². The molecule has 0 saturated carbocycles. The largest absolute Gasteiger partial charge is 0.539 e.